The Morgan fingerprint density at radius 3 is 1.44 bits per heavy atom. The van der Waals surface area contributed by atoms with E-state index >= 15 is 0 Å². The Bertz CT molecular complexity index is 1690. The van der Waals surface area contributed by atoms with Crippen LogP contribution < -0.4 is 26.5 Å². The fourth-order valence-electron chi connectivity index (χ4n) is 5.67. The fourth-order valence-corrected chi connectivity index (χ4v) is 10.7. The van der Waals surface area contributed by atoms with Crippen LogP contribution >= 0.6 is 15.9 Å². The molecular formula is C37H28BrNOSi. The number of halogens is 1. The van der Waals surface area contributed by atoms with Crippen molar-refractivity contribution in [2.24, 2.45) is 0 Å². The van der Waals surface area contributed by atoms with Crippen LogP contribution in [0.4, 0.5) is 5.69 Å². The standard InChI is InChI=1S/C37H28BrNOSi/c38-30-21-16-28(17-22-30)37(40)35-26-29(20-25-36(35)39)27-18-23-34(24-19-27)41(31-10-4-1-5-11-31,32-12-6-2-7-13-32)33-14-8-3-9-15-33/h1-26H,39H2. The van der Waals surface area contributed by atoms with Gasteiger partial charge in [0.15, 0.2) is 13.9 Å². The average Bonchev–Trinajstić information content (AvgIpc) is 3.04. The maximum absolute atomic E-state index is 13.3. The van der Waals surface area contributed by atoms with Gasteiger partial charge in [-0.05, 0) is 68.3 Å². The molecule has 6 rings (SSSR count). The lowest BCUT2D eigenvalue weighted by atomic mass is 9.97. The fraction of sp³-hybridized carbons (Fsp3) is 0. The van der Waals surface area contributed by atoms with Gasteiger partial charge in [0.05, 0.1) is 0 Å². The monoisotopic (exact) mass is 609 g/mol. The lowest BCUT2D eigenvalue weighted by molar-refractivity contribution is 0.103. The smallest absolute Gasteiger partial charge is 0.195 e. The van der Waals surface area contributed by atoms with Crippen LogP contribution in [-0.2, 0) is 0 Å². The Balaban J connectivity index is 1.47. The van der Waals surface area contributed by atoms with Gasteiger partial charge in [-0.3, -0.25) is 4.79 Å². The maximum atomic E-state index is 13.3. The molecule has 0 radical (unpaired) electrons. The summed E-state index contributed by atoms with van der Waals surface area (Å²) in [7, 11) is -2.59. The summed E-state index contributed by atoms with van der Waals surface area (Å²) in [4.78, 5) is 13.3. The summed E-state index contributed by atoms with van der Waals surface area (Å²) in [6.07, 6.45) is 0. The van der Waals surface area contributed by atoms with Crippen LogP contribution in [0.2, 0.25) is 0 Å². The number of carbonyl (C=O) groups excluding carboxylic acids is 1. The molecule has 0 atom stereocenters. The molecule has 0 aliphatic carbocycles. The van der Waals surface area contributed by atoms with Gasteiger partial charge in [-0.25, -0.2) is 0 Å². The Kier molecular flexibility index (Phi) is 7.51. The molecule has 6 aromatic carbocycles. The predicted octanol–water partition coefficient (Wildman–Crippen LogP) is 6.31. The van der Waals surface area contributed by atoms with Crippen molar-refractivity contribution in [1.82, 2.24) is 0 Å². The van der Waals surface area contributed by atoms with Gasteiger partial charge in [0.1, 0.15) is 0 Å². The van der Waals surface area contributed by atoms with E-state index < -0.39 is 8.07 Å². The van der Waals surface area contributed by atoms with E-state index in [1.54, 1.807) is 0 Å². The van der Waals surface area contributed by atoms with Crippen molar-refractivity contribution in [3.63, 3.8) is 0 Å². The Morgan fingerprint density at radius 1 is 0.512 bits per heavy atom. The van der Waals surface area contributed by atoms with E-state index in [1.165, 1.54) is 20.7 Å². The molecule has 0 aliphatic rings. The molecule has 198 valence electrons. The van der Waals surface area contributed by atoms with Crippen molar-refractivity contribution >= 4 is 56.2 Å². The van der Waals surface area contributed by atoms with E-state index in [-0.39, 0.29) is 5.78 Å². The van der Waals surface area contributed by atoms with Gasteiger partial charge in [0.2, 0.25) is 0 Å². The lowest BCUT2D eigenvalue weighted by Gasteiger charge is -2.34. The first-order valence-electron chi connectivity index (χ1n) is 13.5. The van der Waals surface area contributed by atoms with Crippen LogP contribution in [0.3, 0.4) is 0 Å². The average molecular weight is 611 g/mol. The van der Waals surface area contributed by atoms with Crippen LogP contribution in [0.15, 0.2) is 162 Å². The highest BCUT2D eigenvalue weighted by atomic mass is 79.9. The molecule has 2 N–H and O–H groups in total. The number of nitrogen functional groups attached to an aromatic ring is 1. The first kappa shape index (κ1) is 26.7. The van der Waals surface area contributed by atoms with Crippen LogP contribution in [0.1, 0.15) is 15.9 Å². The molecule has 0 saturated heterocycles. The molecule has 6 aromatic rings. The number of hydrogen-bond acceptors (Lipinski definition) is 2. The van der Waals surface area contributed by atoms with Gasteiger partial charge in [-0.2, -0.15) is 0 Å². The largest absolute Gasteiger partial charge is 0.398 e. The molecule has 0 aromatic heterocycles. The van der Waals surface area contributed by atoms with E-state index in [2.05, 4.69) is 131 Å². The number of nitrogens with two attached hydrogens (primary N) is 1. The summed E-state index contributed by atoms with van der Waals surface area (Å²) < 4.78 is 0.928. The molecule has 4 heteroatoms. The Morgan fingerprint density at radius 2 is 0.951 bits per heavy atom. The van der Waals surface area contributed by atoms with Gasteiger partial charge in [0.25, 0.3) is 0 Å². The van der Waals surface area contributed by atoms with Crippen molar-refractivity contribution in [3.05, 3.63) is 173 Å². The summed E-state index contributed by atoms with van der Waals surface area (Å²) in [6, 6.07) is 54.6. The zero-order valence-corrected chi connectivity index (χ0v) is 25.0. The van der Waals surface area contributed by atoms with E-state index in [1.807, 2.05) is 42.5 Å². The molecule has 0 heterocycles. The number of carbonyl (C=O) groups is 1. The SMILES string of the molecule is Nc1ccc(-c2ccc([Si](c3ccccc3)(c3ccccc3)c3ccccc3)cc2)cc1C(=O)c1ccc(Br)cc1. The number of rotatable bonds is 7. The minimum Gasteiger partial charge on any atom is -0.398 e. The highest BCUT2D eigenvalue weighted by Crippen LogP contribution is 2.26. The van der Waals surface area contributed by atoms with Crippen molar-refractivity contribution < 1.29 is 4.79 Å². The molecule has 0 amide bonds. The quantitative estimate of drug-likeness (QED) is 0.0998. The van der Waals surface area contributed by atoms with Gasteiger partial charge < -0.3 is 5.73 Å². The van der Waals surface area contributed by atoms with Crippen LogP contribution in [0.25, 0.3) is 11.1 Å². The van der Waals surface area contributed by atoms with Crippen molar-refractivity contribution in [2.75, 3.05) is 5.73 Å². The molecule has 0 spiro atoms. The van der Waals surface area contributed by atoms with Crippen LogP contribution in [-0.4, -0.2) is 13.9 Å². The second kappa shape index (κ2) is 11.5. The molecule has 41 heavy (non-hydrogen) atoms. The highest BCUT2D eigenvalue weighted by Gasteiger charge is 2.41. The molecule has 0 fully saturated rings. The number of ketones is 1. The Hall–Kier alpha value is -4.51. The van der Waals surface area contributed by atoms with Gasteiger partial charge >= 0.3 is 0 Å². The molecule has 0 aliphatic heterocycles. The summed E-state index contributed by atoms with van der Waals surface area (Å²) in [5.41, 5.74) is 9.87. The highest BCUT2D eigenvalue weighted by molar-refractivity contribution is 9.10. The topological polar surface area (TPSA) is 43.1 Å². The molecule has 2 nitrogen and oxygen atoms in total. The molecular weight excluding hydrogens is 582 g/mol. The first-order valence-corrected chi connectivity index (χ1v) is 16.3. The third-order valence-electron chi connectivity index (χ3n) is 7.68. The summed E-state index contributed by atoms with van der Waals surface area (Å²) in [5.74, 6) is -0.0860. The van der Waals surface area contributed by atoms with E-state index in [9.17, 15) is 4.79 Å². The van der Waals surface area contributed by atoms with Gasteiger partial charge in [-0.1, -0.05) is 137 Å². The number of benzene rings is 6. The second-order valence-electron chi connectivity index (χ2n) is 10.1. The van der Waals surface area contributed by atoms with Gasteiger partial charge in [-0.15, -0.1) is 0 Å². The number of anilines is 1. The maximum Gasteiger partial charge on any atom is 0.195 e. The molecule has 0 bridgehead atoms. The first-order chi connectivity index (χ1) is 20.1. The summed E-state index contributed by atoms with van der Waals surface area (Å²) in [5, 5.41) is 5.30. The second-order valence-corrected chi connectivity index (χ2v) is 14.8. The van der Waals surface area contributed by atoms with Crippen molar-refractivity contribution in [1.29, 1.82) is 0 Å². The van der Waals surface area contributed by atoms with Crippen LogP contribution in [0, 0.1) is 0 Å². The van der Waals surface area contributed by atoms with Gasteiger partial charge in [0, 0.05) is 21.3 Å². The predicted molar refractivity (Wildman–Crippen MR) is 177 cm³/mol. The molecule has 0 saturated carbocycles. The third-order valence-corrected chi connectivity index (χ3v) is 13.0. The van der Waals surface area contributed by atoms with Crippen molar-refractivity contribution in [2.45, 2.75) is 0 Å². The van der Waals surface area contributed by atoms with Crippen molar-refractivity contribution in [3.8, 4) is 11.1 Å². The zero-order valence-electron chi connectivity index (χ0n) is 22.4. The minimum atomic E-state index is -2.59. The van der Waals surface area contributed by atoms with Crippen LogP contribution in [0.5, 0.6) is 0 Å². The molecule has 0 unspecified atom stereocenters. The number of hydrogen-bond donors (Lipinski definition) is 1. The normalized spacial score (nSPS) is 11.2. The van der Waals surface area contributed by atoms with E-state index in [0.29, 0.717) is 16.8 Å². The lowest BCUT2D eigenvalue weighted by Crippen LogP contribution is -2.74. The summed E-state index contributed by atoms with van der Waals surface area (Å²) >= 11 is 3.44. The van der Waals surface area contributed by atoms with E-state index in [4.69, 9.17) is 5.73 Å². The third kappa shape index (κ3) is 5.08. The zero-order chi connectivity index (χ0) is 28.2. The Labute approximate surface area is 250 Å². The van der Waals surface area contributed by atoms with E-state index in [0.717, 1.165) is 15.6 Å². The minimum absolute atomic E-state index is 0.0860. The summed E-state index contributed by atoms with van der Waals surface area (Å²) in [6.45, 7) is 0.